The third-order valence-electron chi connectivity index (χ3n) is 2.93. The summed E-state index contributed by atoms with van der Waals surface area (Å²) in [6.07, 6.45) is 2.25. The maximum Gasteiger partial charge on any atom is 0.331 e. The molecule has 3 N–H and O–H groups in total. The van der Waals surface area contributed by atoms with Gasteiger partial charge < -0.3 is 8.98 Å². The number of hydrazine groups is 1. The average Bonchev–Trinajstić information content (AvgIpc) is 2.94. The maximum absolute atomic E-state index is 12.2. The van der Waals surface area contributed by atoms with E-state index in [0.29, 0.717) is 12.3 Å². The highest BCUT2D eigenvalue weighted by Crippen LogP contribution is 2.07. The van der Waals surface area contributed by atoms with E-state index in [0.717, 1.165) is 11.0 Å². The topological polar surface area (TPSA) is 112 Å². The lowest BCUT2D eigenvalue weighted by Gasteiger charge is -2.07. The van der Waals surface area contributed by atoms with Crippen LogP contribution in [0, 0.1) is 0 Å². The molecule has 112 valence electrons. The Hall–Kier alpha value is -2.61. The van der Waals surface area contributed by atoms with Crippen LogP contribution in [0.3, 0.4) is 0 Å². The van der Waals surface area contributed by atoms with Gasteiger partial charge in [-0.2, -0.15) is 0 Å². The van der Waals surface area contributed by atoms with Crippen LogP contribution in [0.4, 0.5) is 0 Å². The fourth-order valence-electron chi connectivity index (χ4n) is 1.93. The monoisotopic (exact) mass is 292 g/mol. The molecule has 0 aliphatic heterocycles. The molecule has 0 saturated carbocycles. The minimum Gasteiger partial charge on any atom is -0.454 e. The van der Waals surface area contributed by atoms with Gasteiger partial charge in [0.25, 0.3) is 5.56 Å². The molecule has 0 unspecified atom stereocenters. The summed E-state index contributed by atoms with van der Waals surface area (Å²) in [5, 5.41) is 0. The third kappa shape index (κ3) is 3.11. The highest BCUT2D eigenvalue weighted by molar-refractivity contribution is 5.90. The summed E-state index contributed by atoms with van der Waals surface area (Å²) < 4.78 is 7.76. The molecule has 2 heterocycles. The average molecular weight is 292 g/mol. The Morgan fingerprint density at radius 1 is 1.33 bits per heavy atom. The van der Waals surface area contributed by atoms with Crippen molar-refractivity contribution in [3.63, 3.8) is 0 Å². The Balaban J connectivity index is 2.33. The highest BCUT2D eigenvalue weighted by atomic mass is 16.4. The van der Waals surface area contributed by atoms with Gasteiger partial charge in [0.1, 0.15) is 5.76 Å². The molecule has 0 aromatic carbocycles. The third-order valence-corrected chi connectivity index (χ3v) is 2.93. The second kappa shape index (κ2) is 6.23. The first-order valence-corrected chi connectivity index (χ1v) is 6.46. The van der Waals surface area contributed by atoms with E-state index in [1.807, 2.05) is 12.3 Å². The zero-order chi connectivity index (χ0) is 15.4. The predicted octanol–water partition coefficient (Wildman–Crippen LogP) is -0.335. The molecular formula is C13H16N4O4. The summed E-state index contributed by atoms with van der Waals surface area (Å²) in [7, 11) is 0. The van der Waals surface area contributed by atoms with Gasteiger partial charge in [-0.15, -0.1) is 0 Å². The van der Waals surface area contributed by atoms with Crippen molar-refractivity contribution in [2.24, 2.45) is 5.84 Å². The SMILES string of the molecule is CCCn1ccc(=O)n(Cc2ccc(C(=O)NN)o2)c1=O. The number of carbonyl (C=O) groups excluding carboxylic acids is 1. The summed E-state index contributed by atoms with van der Waals surface area (Å²) in [4.78, 5) is 35.3. The van der Waals surface area contributed by atoms with E-state index in [9.17, 15) is 14.4 Å². The van der Waals surface area contributed by atoms with Crippen LogP contribution in [0.25, 0.3) is 0 Å². The highest BCUT2D eigenvalue weighted by Gasteiger charge is 2.12. The summed E-state index contributed by atoms with van der Waals surface area (Å²) in [6.45, 7) is 2.42. The van der Waals surface area contributed by atoms with Crippen molar-refractivity contribution in [3.05, 3.63) is 56.8 Å². The standard InChI is InChI=1S/C13H16N4O4/c1-2-6-16-7-5-11(18)17(13(16)20)8-9-3-4-10(21-9)12(19)15-14/h3-5,7H,2,6,8,14H2,1H3,(H,15,19). The fraction of sp³-hybridized carbons (Fsp3) is 0.308. The first-order valence-electron chi connectivity index (χ1n) is 6.46. The number of nitrogen functional groups attached to an aromatic ring is 1. The molecule has 0 atom stereocenters. The Morgan fingerprint density at radius 3 is 2.76 bits per heavy atom. The Bertz CT molecular complexity index is 756. The largest absolute Gasteiger partial charge is 0.454 e. The van der Waals surface area contributed by atoms with Crippen LogP contribution < -0.4 is 22.5 Å². The molecule has 2 aromatic rings. The first kappa shape index (κ1) is 14.8. The van der Waals surface area contributed by atoms with Crippen molar-refractivity contribution >= 4 is 5.91 Å². The van der Waals surface area contributed by atoms with Gasteiger partial charge in [0, 0.05) is 18.8 Å². The van der Waals surface area contributed by atoms with Crippen LogP contribution in [-0.2, 0) is 13.1 Å². The molecule has 0 aliphatic carbocycles. The van der Waals surface area contributed by atoms with Crippen molar-refractivity contribution in [1.29, 1.82) is 0 Å². The minimum absolute atomic E-state index is 0.0189. The van der Waals surface area contributed by atoms with Crippen molar-refractivity contribution in [2.45, 2.75) is 26.4 Å². The van der Waals surface area contributed by atoms with Crippen LogP contribution in [0.15, 0.2) is 38.4 Å². The number of furan rings is 1. The van der Waals surface area contributed by atoms with E-state index >= 15 is 0 Å². The molecule has 0 radical (unpaired) electrons. The van der Waals surface area contributed by atoms with Crippen LogP contribution in [0.2, 0.25) is 0 Å². The number of hydrogen-bond acceptors (Lipinski definition) is 5. The molecule has 0 bridgehead atoms. The molecular weight excluding hydrogens is 276 g/mol. The molecule has 8 nitrogen and oxygen atoms in total. The minimum atomic E-state index is -0.579. The molecule has 1 amide bonds. The van der Waals surface area contributed by atoms with E-state index in [1.54, 1.807) is 0 Å². The van der Waals surface area contributed by atoms with Gasteiger partial charge in [0.15, 0.2) is 5.76 Å². The normalized spacial score (nSPS) is 10.6. The van der Waals surface area contributed by atoms with Gasteiger partial charge in [-0.3, -0.25) is 19.6 Å². The summed E-state index contributed by atoms with van der Waals surface area (Å²) in [6, 6.07) is 4.27. The number of nitrogens with one attached hydrogen (secondary N) is 1. The van der Waals surface area contributed by atoms with Crippen molar-refractivity contribution < 1.29 is 9.21 Å². The zero-order valence-electron chi connectivity index (χ0n) is 11.5. The van der Waals surface area contributed by atoms with Gasteiger partial charge in [-0.25, -0.2) is 10.6 Å². The predicted molar refractivity (Wildman–Crippen MR) is 74.7 cm³/mol. The summed E-state index contributed by atoms with van der Waals surface area (Å²) in [5.74, 6) is 4.76. The van der Waals surface area contributed by atoms with E-state index < -0.39 is 17.2 Å². The Morgan fingerprint density at radius 2 is 2.10 bits per heavy atom. The number of nitrogens with two attached hydrogens (primary N) is 1. The van der Waals surface area contributed by atoms with E-state index in [1.165, 1.54) is 29.0 Å². The lowest BCUT2D eigenvalue weighted by atomic mass is 10.4. The lowest BCUT2D eigenvalue weighted by molar-refractivity contribution is 0.0924. The second-order valence-corrected chi connectivity index (χ2v) is 4.46. The van der Waals surface area contributed by atoms with Crippen LogP contribution >= 0.6 is 0 Å². The van der Waals surface area contributed by atoms with Crippen molar-refractivity contribution in [3.8, 4) is 0 Å². The quantitative estimate of drug-likeness (QED) is 0.445. The Kier molecular flexibility index (Phi) is 4.39. The molecule has 0 aliphatic rings. The number of rotatable bonds is 5. The maximum atomic E-state index is 12.2. The van der Waals surface area contributed by atoms with Crippen molar-refractivity contribution in [1.82, 2.24) is 14.6 Å². The van der Waals surface area contributed by atoms with Crippen molar-refractivity contribution in [2.75, 3.05) is 0 Å². The van der Waals surface area contributed by atoms with Crippen LogP contribution in [0.5, 0.6) is 0 Å². The summed E-state index contributed by atoms with van der Waals surface area (Å²) >= 11 is 0. The zero-order valence-corrected chi connectivity index (χ0v) is 11.5. The van der Waals surface area contributed by atoms with Crippen LogP contribution in [-0.4, -0.2) is 15.0 Å². The van der Waals surface area contributed by atoms with Gasteiger partial charge in [0.05, 0.1) is 6.54 Å². The van der Waals surface area contributed by atoms with Gasteiger partial charge in [0.2, 0.25) is 0 Å². The number of nitrogens with zero attached hydrogens (tertiary/aromatic N) is 2. The summed E-state index contributed by atoms with van der Waals surface area (Å²) in [5.41, 5.74) is 1.11. The lowest BCUT2D eigenvalue weighted by Crippen LogP contribution is -2.39. The first-order chi connectivity index (χ1) is 10.1. The Labute approximate surface area is 119 Å². The number of carbonyl (C=O) groups is 1. The number of aryl methyl sites for hydroxylation is 1. The van der Waals surface area contributed by atoms with E-state index in [2.05, 4.69) is 0 Å². The van der Waals surface area contributed by atoms with Crippen LogP contribution in [0.1, 0.15) is 29.7 Å². The molecule has 2 rings (SSSR count). The molecule has 0 spiro atoms. The smallest absolute Gasteiger partial charge is 0.331 e. The fourth-order valence-corrected chi connectivity index (χ4v) is 1.93. The molecule has 21 heavy (non-hydrogen) atoms. The molecule has 8 heteroatoms. The number of hydrogen-bond donors (Lipinski definition) is 2. The molecule has 2 aromatic heterocycles. The van der Waals surface area contributed by atoms with E-state index in [4.69, 9.17) is 10.3 Å². The van der Waals surface area contributed by atoms with Gasteiger partial charge >= 0.3 is 11.6 Å². The van der Waals surface area contributed by atoms with Gasteiger partial charge in [-0.1, -0.05) is 6.92 Å². The second-order valence-electron chi connectivity index (χ2n) is 4.46. The van der Waals surface area contributed by atoms with Gasteiger partial charge in [-0.05, 0) is 18.6 Å². The number of aromatic nitrogens is 2. The van der Waals surface area contributed by atoms with E-state index in [-0.39, 0.29) is 12.3 Å². The number of amides is 1. The molecule has 0 fully saturated rings. The molecule has 0 saturated heterocycles.